The molecule has 2 aromatic heterocycles. The Hall–Kier alpha value is -3.86. The van der Waals surface area contributed by atoms with Gasteiger partial charge < -0.3 is 20.9 Å². The standard InChI is InChI=1S/C25H26ClN5O4S2.C2HF3O2/c1-35-19-8-3-7-18-22(19)23(30-37(33,34)21-10-9-20(26)36-21)29-31(18)15-17-6-2-5-16(13-17)14-28-24(32)25(27)11-4-12-25;3-2(4,5)1(6)7/h2-3,5-10,13H,4,11-12,14-15,27H2,1H3,(H,28,32)(H,29,30);(H,6,7). The minimum absolute atomic E-state index is 0.0889. The van der Waals surface area contributed by atoms with Crippen LogP contribution in [0, 0.1) is 0 Å². The number of halogens is 4. The van der Waals surface area contributed by atoms with Crippen molar-refractivity contribution in [3.05, 3.63) is 70.1 Å². The molecule has 1 fully saturated rings. The third-order valence-electron chi connectivity index (χ3n) is 6.72. The fourth-order valence-corrected chi connectivity index (χ4v) is 6.83. The fraction of sp³-hybridized carbons (Fsp3) is 0.296. The topological polar surface area (TPSA) is 166 Å². The Bertz CT molecular complexity index is 1790. The predicted octanol–water partition coefficient (Wildman–Crippen LogP) is 4.74. The van der Waals surface area contributed by atoms with Crippen molar-refractivity contribution in [2.24, 2.45) is 5.73 Å². The van der Waals surface area contributed by atoms with Crippen LogP contribution in [0.25, 0.3) is 10.9 Å². The summed E-state index contributed by atoms with van der Waals surface area (Å²) in [6.45, 7) is 0.743. The third kappa shape index (κ3) is 7.61. The highest BCUT2D eigenvalue weighted by Crippen LogP contribution is 2.35. The fourth-order valence-electron chi connectivity index (χ4n) is 4.33. The van der Waals surface area contributed by atoms with Crippen molar-refractivity contribution in [2.45, 2.75) is 48.3 Å². The molecule has 236 valence electrons. The molecule has 0 saturated heterocycles. The second-order valence-corrected chi connectivity index (χ2v) is 13.5. The molecule has 1 saturated carbocycles. The lowest BCUT2D eigenvalue weighted by Crippen LogP contribution is -2.58. The number of nitrogens with one attached hydrogen (secondary N) is 2. The van der Waals surface area contributed by atoms with E-state index in [1.54, 1.807) is 10.7 Å². The summed E-state index contributed by atoms with van der Waals surface area (Å²) in [6.07, 6.45) is -2.69. The molecule has 0 bridgehead atoms. The molecule has 4 aromatic rings. The summed E-state index contributed by atoms with van der Waals surface area (Å²) in [5.74, 6) is -2.23. The van der Waals surface area contributed by atoms with E-state index in [-0.39, 0.29) is 15.9 Å². The number of amides is 1. The zero-order valence-corrected chi connectivity index (χ0v) is 25.4. The smallest absolute Gasteiger partial charge is 0.490 e. The summed E-state index contributed by atoms with van der Waals surface area (Å²) >= 11 is 6.91. The molecule has 5 N–H and O–H groups in total. The Kier molecular flexibility index (Phi) is 9.77. The van der Waals surface area contributed by atoms with Crippen molar-refractivity contribution in [3.63, 3.8) is 0 Å². The van der Waals surface area contributed by atoms with E-state index in [0.717, 1.165) is 28.9 Å². The molecule has 44 heavy (non-hydrogen) atoms. The Labute approximate surface area is 258 Å². The average molecular weight is 674 g/mol. The van der Waals surface area contributed by atoms with Gasteiger partial charge >= 0.3 is 12.1 Å². The monoisotopic (exact) mass is 673 g/mol. The Morgan fingerprint density at radius 2 is 1.82 bits per heavy atom. The molecule has 2 aromatic carbocycles. The number of methoxy groups -OCH3 is 1. The van der Waals surface area contributed by atoms with E-state index in [9.17, 15) is 26.4 Å². The number of fused-ring (bicyclic) bond motifs is 1. The number of sulfonamides is 1. The van der Waals surface area contributed by atoms with Gasteiger partial charge in [0.15, 0.2) is 5.82 Å². The number of ether oxygens (including phenoxy) is 1. The summed E-state index contributed by atoms with van der Waals surface area (Å²) in [5, 5.41) is 15.2. The summed E-state index contributed by atoms with van der Waals surface area (Å²) in [4.78, 5) is 21.3. The minimum Gasteiger partial charge on any atom is -0.496 e. The van der Waals surface area contributed by atoms with Crippen molar-refractivity contribution >= 4 is 61.6 Å². The van der Waals surface area contributed by atoms with Gasteiger partial charge in [0.2, 0.25) is 5.91 Å². The van der Waals surface area contributed by atoms with E-state index in [0.29, 0.717) is 46.9 Å². The summed E-state index contributed by atoms with van der Waals surface area (Å²) in [6, 6.07) is 16.2. The molecule has 1 amide bonds. The second-order valence-electron chi connectivity index (χ2n) is 9.84. The number of carboxylic acids is 1. The van der Waals surface area contributed by atoms with E-state index >= 15 is 0 Å². The predicted molar refractivity (Wildman–Crippen MR) is 158 cm³/mol. The lowest BCUT2D eigenvalue weighted by molar-refractivity contribution is -0.192. The summed E-state index contributed by atoms with van der Waals surface area (Å²) < 4.78 is 68.0. The normalized spacial score (nSPS) is 14.2. The van der Waals surface area contributed by atoms with Gasteiger partial charge in [0.1, 0.15) is 9.96 Å². The molecular weight excluding hydrogens is 647 g/mol. The first-order chi connectivity index (χ1) is 20.6. The SMILES string of the molecule is COc1cccc2c1c(NS(=O)(=O)c1ccc(Cl)s1)nn2Cc1cccc(CNC(=O)C2(N)CCC2)c1.O=C(O)C(F)(F)F. The molecule has 0 atom stereocenters. The van der Waals surface area contributed by atoms with Crippen LogP contribution in [-0.4, -0.2) is 54.0 Å². The molecule has 1 aliphatic rings. The van der Waals surface area contributed by atoms with Crippen molar-refractivity contribution in [2.75, 3.05) is 11.8 Å². The molecule has 1 aliphatic carbocycles. The van der Waals surface area contributed by atoms with Gasteiger partial charge in [-0.05, 0) is 54.7 Å². The number of alkyl halides is 3. The lowest BCUT2D eigenvalue weighted by Gasteiger charge is -2.36. The zero-order chi connectivity index (χ0) is 32.3. The van der Waals surface area contributed by atoms with Crippen LogP contribution in [0.4, 0.5) is 19.0 Å². The van der Waals surface area contributed by atoms with Crippen LogP contribution in [0.3, 0.4) is 0 Å². The van der Waals surface area contributed by atoms with Crippen LogP contribution in [0.1, 0.15) is 30.4 Å². The van der Waals surface area contributed by atoms with Gasteiger partial charge in [0.05, 0.1) is 34.4 Å². The maximum absolute atomic E-state index is 13.0. The van der Waals surface area contributed by atoms with Gasteiger partial charge in [-0.3, -0.25) is 14.2 Å². The molecule has 0 spiro atoms. The van der Waals surface area contributed by atoms with Crippen LogP contribution >= 0.6 is 22.9 Å². The quantitative estimate of drug-likeness (QED) is 0.198. The van der Waals surface area contributed by atoms with Crippen LogP contribution in [0.5, 0.6) is 5.75 Å². The number of benzene rings is 2. The maximum Gasteiger partial charge on any atom is 0.490 e. The van der Waals surface area contributed by atoms with Crippen LogP contribution < -0.4 is 20.5 Å². The number of hydrogen-bond acceptors (Lipinski definition) is 8. The largest absolute Gasteiger partial charge is 0.496 e. The molecule has 0 radical (unpaired) electrons. The van der Waals surface area contributed by atoms with Crippen LogP contribution in [0.2, 0.25) is 4.34 Å². The zero-order valence-electron chi connectivity index (χ0n) is 23.0. The number of nitrogens with zero attached hydrogens (tertiary/aromatic N) is 2. The van der Waals surface area contributed by atoms with Gasteiger partial charge in [-0.15, -0.1) is 11.3 Å². The van der Waals surface area contributed by atoms with Gasteiger partial charge in [-0.25, -0.2) is 13.2 Å². The number of thiophene rings is 1. The number of carbonyl (C=O) groups excluding carboxylic acids is 1. The first kappa shape index (κ1) is 33.0. The van der Waals surface area contributed by atoms with E-state index in [1.807, 2.05) is 36.4 Å². The highest BCUT2D eigenvalue weighted by Gasteiger charge is 2.40. The van der Waals surface area contributed by atoms with Crippen molar-refractivity contribution in [1.82, 2.24) is 15.1 Å². The minimum atomic E-state index is -5.08. The molecule has 11 nitrogen and oxygen atoms in total. The molecular formula is C27H27ClF3N5O6S2. The van der Waals surface area contributed by atoms with Gasteiger partial charge in [-0.1, -0.05) is 41.9 Å². The summed E-state index contributed by atoms with van der Waals surface area (Å²) in [5.41, 5.74) is 7.94. The number of aromatic nitrogens is 2. The van der Waals surface area contributed by atoms with Gasteiger partial charge in [-0.2, -0.15) is 18.3 Å². The number of rotatable bonds is 9. The van der Waals surface area contributed by atoms with E-state index in [1.165, 1.54) is 19.2 Å². The Morgan fingerprint density at radius 3 is 2.39 bits per heavy atom. The molecule has 0 aliphatic heterocycles. The maximum atomic E-state index is 13.0. The number of nitrogens with two attached hydrogens (primary N) is 1. The highest BCUT2D eigenvalue weighted by molar-refractivity contribution is 7.94. The van der Waals surface area contributed by atoms with Crippen molar-refractivity contribution < 1.29 is 41.0 Å². The second kappa shape index (κ2) is 13.0. The number of hydrogen-bond donors (Lipinski definition) is 4. The van der Waals surface area contributed by atoms with Crippen molar-refractivity contribution in [3.8, 4) is 5.75 Å². The molecule has 5 rings (SSSR count). The molecule has 17 heteroatoms. The van der Waals surface area contributed by atoms with Gasteiger partial charge in [0.25, 0.3) is 10.0 Å². The van der Waals surface area contributed by atoms with E-state index in [2.05, 4.69) is 15.1 Å². The lowest BCUT2D eigenvalue weighted by atomic mass is 9.77. The number of carbonyl (C=O) groups is 2. The van der Waals surface area contributed by atoms with E-state index in [4.69, 9.17) is 32.0 Å². The molecule has 2 heterocycles. The third-order valence-corrected chi connectivity index (χ3v) is 9.78. The number of aliphatic carboxylic acids is 1. The number of carboxylic acid groups (broad SMARTS) is 1. The molecule has 0 unspecified atom stereocenters. The van der Waals surface area contributed by atoms with E-state index < -0.39 is 27.7 Å². The van der Waals surface area contributed by atoms with Crippen molar-refractivity contribution in [1.29, 1.82) is 0 Å². The van der Waals surface area contributed by atoms with Gasteiger partial charge in [0, 0.05) is 6.54 Å². The number of anilines is 1. The Morgan fingerprint density at radius 1 is 1.16 bits per heavy atom. The Balaban J connectivity index is 0.000000566. The first-order valence-corrected chi connectivity index (χ1v) is 15.6. The average Bonchev–Trinajstić information content (AvgIpc) is 3.54. The summed E-state index contributed by atoms with van der Waals surface area (Å²) in [7, 11) is -2.37. The van der Waals surface area contributed by atoms with Crippen LogP contribution in [0.15, 0.2) is 58.8 Å². The van der Waals surface area contributed by atoms with Crippen LogP contribution in [-0.2, 0) is 32.7 Å². The highest BCUT2D eigenvalue weighted by atomic mass is 35.5. The first-order valence-electron chi connectivity index (χ1n) is 12.9.